The lowest BCUT2D eigenvalue weighted by Gasteiger charge is -2.31. The van der Waals surface area contributed by atoms with Crippen molar-refractivity contribution in [1.82, 2.24) is 20.2 Å². The van der Waals surface area contributed by atoms with Gasteiger partial charge in [-0.1, -0.05) is 6.07 Å². The van der Waals surface area contributed by atoms with Crippen molar-refractivity contribution in [3.63, 3.8) is 0 Å². The standard InChI is InChI=1S/C17H22N8/c1-20-16-12-5-4-10(7-14(12)23-24-16)13-8-15(22-17(19)21-13)25-6-2-3-11(18)9-25/h4-5,7-8,11H,2-3,6,9,18H2,1H3,(H2,19,21,22)(H2,20,23,24). The van der Waals surface area contributed by atoms with Crippen LogP contribution in [0.5, 0.6) is 0 Å². The van der Waals surface area contributed by atoms with Crippen LogP contribution < -0.4 is 21.7 Å². The average Bonchev–Trinajstić information content (AvgIpc) is 3.03. The van der Waals surface area contributed by atoms with Crippen molar-refractivity contribution in [2.75, 3.05) is 36.1 Å². The van der Waals surface area contributed by atoms with Crippen LogP contribution in [0.3, 0.4) is 0 Å². The molecule has 1 aliphatic heterocycles. The zero-order valence-corrected chi connectivity index (χ0v) is 14.2. The van der Waals surface area contributed by atoms with Crippen LogP contribution in [-0.4, -0.2) is 46.3 Å². The molecule has 1 saturated heterocycles. The zero-order valence-electron chi connectivity index (χ0n) is 14.2. The van der Waals surface area contributed by atoms with Crippen molar-refractivity contribution in [3.05, 3.63) is 24.3 Å². The van der Waals surface area contributed by atoms with Crippen molar-refractivity contribution in [2.45, 2.75) is 18.9 Å². The monoisotopic (exact) mass is 338 g/mol. The Morgan fingerprint density at radius 2 is 2.16 bits per heavy atom. The molecule has 0 radical (unpaired) electrons. The first kappa shape index (κ1) is 15.6. The predicted molar refractivity (Wildman–Crippen MR) is 101 cm³/mol. The van der Waals surface area contributed by atoms with Gasteiger partial charge < -0.3 is 21.7 Å². The van der Waals surface area contributed by atoms with Gasteiger partial charge in [0.15, 0.2) is 5.82 Å². The first-order valence-electron chi connectivity index (χ1n) is 8.45. The highest BCUT2D eigenvalue weighted by molar-refractivity contribution is 5.92. The lowest BCUT2D eigenvalue weighted by molar-refractivity contribution is 0.503. The Balaban J connectivity index is 1.72. The van der Waals surface area contributed by atoms with Gasteiger partial charge in [-0.25, -0.2) is 4.98 Å². The van der Waals surface area contributed by atoms with Gasteiger partial charge in [0, 0.05) is 43.2 Å². The van der Waals surface area contributed by atoms with Crippen molar-refractivity contribution in [3.8, 4) is 11.3 Å². The summed E-state index contributed by atoms with van der Waals surface area (Å²) in [5.74, 6) is 1.93. The maximum absolute atomic E-state index is 6.09. The molecule has 8 nitrogen and oxygen atoms in total. The van der Waals surface area contributed by atoms with E-state index in [0.29, 0.717) is 0 Å². The van der Waals surface area contributed by atoms with Crippen LogP contribution in [0.1, 0.15) is 12.8 Å². The fourth-order valence-corrected chi connectivity index (χ4v) is 3.35. The van der Waals surface area contributed by atoms with Gasteiger partial charge in [0.1, 0.15) is 5.82 Å². The van der Waals surface area contributed by atoms with Crippen LogP contribution in [0.25, 0.3) is 22.2 Å². The molecule has 1 fully saturated rings. The molecular formula is C17H22N8. The molecule has 0 amide bonds. The molecule has 2 aromatic heterocycles. The summed E-state index contributed by atoms with van der Waals surface area (Å²) in [6.45, 7) is 1.73. The second-order valence-electron chi connectivity index (χ2n) is 6.40. The first-order chi connectivity index (χ1) is 12.1. The fraction of sp³-hybridized carbons (Fsp3) is 0.353. The predicted octanol–water partition coefficient (Wildman–Crippen LogP) is 1.57. The Labute approximate surface area is 145 Å². The molecule has 1 aliphatic rings. The highest BCUT2D eigenvalue weighted by Gasteiger charge is 2.19. The van der Waals surface area contributed by atoms with Crippen LogP contribution in [0.4, 0.5) is 17.6 Å². The summed E-state index contributed by atoms with van der Waals surface area (Å²) in [4.78, 5) is 11.0. The Morgan fingerprint density at radius 3 is 2.96 bits per heavy atom. The molecular weight excluding hydrogens is 316 g/mol. The lowest BCUT2D eigenvalue weighted by atomic mass is 10.1. The van der Waals surface area contributed by atoms with E-state index in [-0.39, 0.29) is 12.0 Å². The number of aromatic amines is 1. The van der Waals surface area contributed by atoms with Crippen LogP contribution in [0, 0.1) is 0 Å². The largest absolute Gasteiger partial charge is 0.371 e. The molecule has 0 spiro atoms. The quantitative estimate of drug-likeness (QED) is 0.572. The van der Waals surface area contributed by atoms with E-state index < -0.39 is 0 Å². The number of rotatable bonds is 3. The minimum Gasteiger partial charge on any atom is -0.371 e. The molecule has 3 aromatic rings. The van der Waals surface area contributed by atoms with E-state index in [1.807, 2.05) is 31.3 Å². The van der Waals surface area contributed by atoms with Gasteiger partial charge in [-0.15, -0.1) is 0 Å². The number of nitrogen functional groups attached to an aromatic ring is 1. The number of hydrogen-bond acceptors (Lipinski definition) is 7. The lowest BCUT2D eigenvalue weighted by Crippen LogP contribution is -2.43. The van der Waals surface area contributed by atoms with Gasteiger partial charge in [0.2, 0.25) is 5.95 Å². The maximum atomic E-state index is 6.09. The molecule has 4 rings (SSSR count). The minimum atomic E-state index is 0.176. The first-order valence-corrected chi connectivity index (χ1v) is 8.45. The van der Waals surface area contributed by atoms with Crippen molar-refractivity contribution in [1.29, 1.82) is 0 Å². The number of aromatic nitrogens is 4. The van der Waals surface area contributed by atoms with Gasteiger partial charge in [0.25, 0.3) is 0 Å². The number of benzene rings is 1. The summed E-state index contributed by atoms with van der Waals surface area (Å²) >= 11 is 0. The van der Waals surface area contributed by atoms with Crippen molar-refractivity contribution in [2.24, 2.45) is 5.73 Å². The third-order valence-electron chi connectivity index (χ3n) is 4.61. The summed E-state index contributed by atoms with van der Waals surface area (Å²) in [6, 6.07) is 8.22. The molecule has 25 heavy (non-hydrogen) atoms. The second-order valence-corrected chi connectivity index (χ2v) is 6.40. The number of piperidine rings is 1. The fourth-order valence-electron chi connectivity index (χ4n) is 3.35. The van der Waals surface area contributed by atoms with Gasteiger partial charge in [0.05, 0.1) is 11.2 Å². The van der Waals surface area contributed by atoms with E-state index in [2.05, 4.69) is 30.4 Å². The maximum Gasteiger partial charge on any atom is 0.222 e. The van der Waals surface area contributed by atoms with Gasteiger partial charge >= 0.3 is 0 Å². The molecule has 0 aliphatic carbocycles. The Kier molecular flexibility index (Phi) is 3.89. The smallest absolute Gasteiger partial charge is 0.222 e. The summed E-state index contributed by atoms with van der Waals surface area (Å²) in [5.41, 5.74) is 14.8. The Morgan fingerprint density at radius 1 is 1.28 bits per heavy atom. The second kappa shape index (κ2) is 6.21. The van der Waals surface area contributed by atoms with E-state index in [1.165, 1.54) is 0 Å². The topological polar surface area (TPSA) is 122 Å². The normalized spacial score (nSPS) is 17.8. The third kappa shape index (κ3) is 2.96. The minimum absolute atomic E-state index is 0.176. The molecule has 6 N–H and O–H groups in total. The number of fused-ring (bicyclic) bond motifs is 1. The third-order valence-corrected chi connectivity index (χ3v) is 4.61. The number of hydrogen-bond donors (Lipinski definition) is 4. The summed E-state index contributed by atoms with van der Waals surface area (Å²) in [7, 11) is 1.85. The number of anilines is 3. The number of nitrogens with two attached hydrogens (primary N) is 2. The number of nitrogens with zero attached hydrogens (tertiary/aromatic N) is 4. The Bertz CT molecular complexity index is 903. The van der Waals surface area contributed by atoms with Crippen LogP contribution >= 0.6 is 0 Å². The van der Waals surface area contributed by atoms with E-state index in [0.717, 1.165) is 59.7 Å². The van der Waals surface area contributed by atoms with Crippen LogP contribution in [0.15, 0.2) is 24.3 Å². The van der Waals surface area contributed by atoms with Gasteiger partial charge in [-0.05, 0) is 25.0 Å². The van der Waals surface area contributed by atoms with Crippen LogP contribution in [0.2, 0.25) is 0 Å². The molecule has 3 heterocycles. The van der Waals surface area contributed by atoms with Crippen molar-refractivity contribution >= 4 is 28.5 Å². The average molecular weight is 338 g/mol. The molecule has 0 bridgehead atoms. The SMILES string of the molecule is CNc1n[nH]c2cc(-c3cc(N4CCCC(N)C4)nc(N)n3)ccc12. The van der Waals surface area contributed by atoms with E-state index in [9.17, 15) is 0 Å². The van der Waals surface area contributed by atoms with E-state index in [1.54, 1.807) is 0 Å². The molecule has 130 valence electrons. The van der Waals surface area contributed by atoms with Gasteiger partial charge in [-0.3, -0.25) is 5.10 Å². The molecule has 0 saturated carbocycles. The Hall–Kier alpha value is -2.87. The highest BCUT2D eigenvalue weighted by Crippen LogP contribution is 2.28. The molecule has 1 atom stereocenters. The van der Waals surface area contributed by atoms with Crippen LogP contribution in [-0.2, 0) is 0 Å². The molecule has 1 aromatic carbocycles. The highest BCUT2D eigenvalue weighted by atomic mass is 15.2. The van der Waals surface area contributed by atoms with E-state index in [4.69, 9.17) is 11.5 Å². The molecule has 1 unspecified atom stereocenters. The summed E-state index contributed by atoms with van der Waals surface area (Å²) in [6.07, 6.45) is 2.11. The molecule has 8 heteroatoms. The number of nitrogens with one attached hydrogen (secondary N) is 2. The summed E-state index contributed by atoms with van der Waals surface area (Å²) < 4.78 is 0. The van der Waals surface area contributed by atoms with Gasteiger partial charge in [-0.2, -0.15) is 10.1 Å². The number of H-pyrrole nitrogens is 1. The van der Waals surface area contributed by atoms with E-state index >= 15 is 0 Å². The summed E-state index contributed by atoms with van der Waals surface area (Å²) in [5, 5.41) is 11.4. The van der Waals surface area contributed by atoms with Crippen molar-refractivity contribution < 1.29 is 0 Å². The zero-order chi connectivity index (χ0) is 17.4.